The summed E-state index contributed by atoms with van der Waals surface area (Å²) in [5.74, 6) is 0. The van der Waals surface area contributed by atoms with Gasteiger partial charge in [0.2, 0.25) is 5.12 Å². The lowest BCUT2D eigenvalue weighted by Gasteiger charge is -2.26. The van der Waals surface area contributed by atoms with E-state index in [0.717, 1.165) is 11.1 Å². The lowest BCUT2D eigenvalue weighted by atomic mass is 9.91. The lowest BCUT2D eigenvalue weighted by Crippen LogP contribution is -2.27. The zero-order chi connectivity index (χ0) is 12.3. The molecule has 2 rings (SSSR count). The standard InChI is InChI=1S/C14H12OS2/c15-13(16)14(17,11-7-3-1-4-8-11)12-9-5-2-6-10-12/h1-10,17H,(H,15,16). The predicted octanol–water partition coefficient (Wildman–Crippen LogP) is 3.32. The summed E-state index contributed by atoms with van der Waals surface area (Å²) in [4.78, 5) is 11.9. The van der Waals surface area contributed by atoms with Gasteiger partial charge in [0.05, 0.1) is 0 Å². The van der Waals surface area contributed by atoms with Gasteiger partial charge in [-0.25, -0.2) is 0 Å². The third-order valence-corrected chi connectivity index (χ3v) is 3.92. The molecule has 0 aliphatic carbocycles. The zero-order valence-corrected chi connectivity index (χ0v) is 10.9. The van der Waals surface area contributed by atoms with E-state index < -0.39 is 4.75 Å². The summed E-state index contributed by atoms with van der Waals surface area (Å²) in [6.07, 6.45) is 0. The SMILES string of the molecule is O=C(S)C(S)(c1ccccc1)c1ccccc1. The molecule has 0 spiro atoms. The molecule has 0 aliphatic heterocycles. The van der Waals surface area contributed by atoms with Crippen LogP contribution >= 0.6 is 25.3 Å². The molecule has 0 saturated heterocycles. The van der Waals surface area contributed by atoms with Gasteiger partial charge in [-0.2, -0.15) is 12.6 Å². The highest BCUT2D eigenvalue weighted by molar-refractivity contribution is 7.99. The van der Waals surface area contributed by atoms with Crippen molar-refractivity contribution < 1.29 is 4.79 Å². The van der Waals surface area contributed by atoms with Crippen molar-refractivity contribution in [2.24, 2.45) is 0 Å². The number of carbonyl (C=O) groups excluding carboxylic acids is 1. The Morgan fingerprint density at radius 1 is 0.824 bits per heavy atom. The van der Waals surface area contributed by atoms with Crippen LogP contribution in [0.2, 0.25) is 0 Å². The Morgan fingerprint density at radius 2 is 1.18 bits per heavy atom. The molecule has 0 amide bonds. The monoisotopic (exact) mass is 260 g/mol. The van der Waals surface area contributed by atoms with Crippen LogP contribution in [0.15, 0.2) is 60.7 Å². The largest absolute Gasteiger partial charge is 0.285 e. The second-order valence-corrected chi connectivity index (χ2v) is 4.82. The van der Waals surface area contributed by atoms with Crippen molar-refractivity contribution in [2.45, 2.75) is 4.75 Å². The first kappa shape index (κ1) is 12.3. The van der Waals surface area contributed by atoms with Crippen molar-refractivity contribution in [1.82, 2.24) is 0 Å². The fourth-order valence-corrected chi connectivity index (χ4v) is 2.33. The van der Waals surface area contributed by atoms with Crippen molar-refractivity contribution in [2.75, 3.05) is 0 Å². The number of carbonyl (C=O) groups is 1. The fourth-order valence-electron chi connectivity index (χ4n) is 1.77. The van der Waals surface area contributed by atoms with E-state index in [4.69, 9.17) is 0 Å². The van der Waals surface area contributed by atoms with E-state index in [0.29, 0.717) is 0 Å². The van der Waals surface area contributed by atoms with Gasteiger partial charge in [-0.05, 0) is 11.1 Å². The van der Waals surface area contributed by atoms with Gasteiger partial charge >= 0.3 is 0 Å². The highest BCUT2D eigenvalue weighted by Crippen LogP contribution is 2.37. The number of hydrogen-bond acceptors (Lipinski definition) is 2. The molecule has 0 aliphatic rings. The summed E-state index contributed by atoms with van der Waals surface area (Å²) in [7, 11) is 0. The molecule has 0 heterocycles. The smallest absolute Gasteiger partial charge is 0.210 e. The number of benzene rings is 2. The van der Waals surface area contributed by atoms with E-state index in [1.807, 2.05) is 60.7 Å². The van der Waals surface area contributed by atoms with Crippen molar-refractivity contribution in [1.29, 1.82) is 0 Å². The van der Waals surface area contributed by atoms with Crippen LogP contribution in [0.4, 0.5) is 0 Å². The second kappa shape index (κ2) is 4.98. The van der Waals surface area contributed by atoms with Crippen molar-refractivity contribution >= 4 is 30.4 Å². The van der Waals surface area contributed by atoms with Crippen LogP contribution in [-0.2, 0) is 9.54 Å². The highest BCUT2D eigenvalue weighted by atomic mass is 32.1. The van der Waals surface area contributed by atoms with E-state index in [2.05, 4.69) is 25.3 Å². The van der Waals surface area contributed by atoms with E-state index in [-0.39, 0.29) is 5.12 Å². The Balaban J connectivity index is 2.59. The molecule has 0 N–H and O–H groups in total. The number of rotatable bonds is 3. The first-order valence-electron chi connectivity index (χ1n) is 5.22. The molecular formula is C14H12OS2. The average Bonchev–Trinajstić information content (AvgIpc) is 2.39. The average molecular weight is 260 g/mol. The van der Waals surface area contributed by atoms with E-state index in [1.54, 1.807) is 0 Å². The van der Waals surface area contributed by atoms with Crippen molar-refractivity contribution in [3.05, 3.63) is 71.8 Å². The molecule has 1 nitrogen and oxygen atoms in total. The Labute approximate surface area is 112 Å². The molecule has 0 atom stereocenters. The molecule has 0 radical (unpaired) electrons. The summed E-state index contributed by atoms with van der Waals surface area (Å²) in [6, 6.07) is 18.9. The van der Waals surface area contributed by atoms with Gasteiger partial charge in [-0.3, -0.25) is 4.79 Å². The Kier molecular flexibility index (Phi) is 3.60. The second-order valence-electron chi connectivity index (χ2n) is 3.75. The molecule has 0 saturated carbocycles. The summed E-state index contributed by atoms with van der Waals surface area (Å²) in [5, 5.41) is -0.279. The summed E-state index contributed by atoms with van der Waals surface area (Å²) < 4.78 is -0.994. The van der Waals surface area contributed by atoms with Gasteiger partial charge in [0.15, 0.2) is 0 Å². The molecule has 3 heteroatoms. The zero-order valence-electron chi connectivity index (χ0n) is 9.08. The summed E-state index contributed by atoms with van der Waals surface area (Å²) in [6.45, 7) is 0. The minimum atomic E-state index is -0.994. The molecule has 86 valence electrons. The highest BCUT2D eigenvalue weighted by Gasteiger charge is 2.35. The maximum absolute atomic E-state index is 11.9. The van der Waals surface area contributed by atoms with Crippen LogP contribution in [-0.4, -0.2) is 5.12 Å². The molecule has 2 aromatic carbocycles. The third kappa shape index (κ3) is 2.26. The maximum atomic E-state index is 11.9. The van der Waals surface area contributed by atoms with Gasteiger partial charge in [-0.15, -0.1) is 12.6 Å². The van der Waals surface area contributed by atoms with Crippen LogP contribution in [0.5, 0.6) is 0 Å². The molecule has 17 heavy (non-hydrogen) atoms. The lowest BCUT2D eigenvalue weighted by molar-refractivity contribution is -0.112. The summed E-state index contributed by atoms with van der Waals surface area (Å²) >= 11 is 8.55. The fraction of sp³-hybridized carbons (Fsp3) is 0.0714. The first-order chi connectivity index (χ1) is 8.15. The summed E-state index contributed by atoms with van der Waals surface area (Å²) in [5.41, 5.74) is 1.66. The van der Waals surface area contributed by atoms with Gasteiger partial charge < -0.3 is 0 Å². The maximum Gasteiger partial charge on any atom is 0.210 e. The van der Waals surface area contributed by atoms with E-state index in [1.165, 1.54) is 0 Å². The van der Waals surface area contributed by atoms with Crippen LogP contribution in [0.3, 0.4) is 0 Å². The van der Waals surface area contributed by atoms with Gasteiger partial charge in [0.25, 0.3) is 0 Å². The Morgan fingerprint density at radius 3 is 1.47 bits per heavy atom. The normalized spacial score (nSPS) is 11.2. The number of thiol groups is 2. The molecule has 0 bridgehead atoms. The Hall–Kier alpha value is -1.19. The first-order valence-corrected chi connectivity index (χ1v) is 6.12. The van der Waals surface area contributed by atoms with Crippen molar-refractivity contribution in [3.8, 4) is 0 Å². The quantitative estimate of drug-likeness (QED) is 0.810. The minimum absolute atomic E-state index is 0.279. The molecular weight excluding hydrogens is 248 g/mol. The van der Waals surface area contributed by atoms with E-state index in [9.17, 15) is 4.79 Å². The van der Waals surface area contributed by atoms with Gasteiger partial charge in [0.1, 0.15) is 4.75 Å². The van der Waals surface area contributed by atoms with Crippen LogP contribution in [0.25, 0.3) is 0 Å². The van der Waals surface area contributed by atoms with Crippen LogP contribution in [0, 0.1) is 0 Å². The molecule has 0 fully saturated rings. The molecule has 0 unspecified atom stereocenters. The molecule has 2 aromatic rings. The van der Waals surface area contributed by atoms with Crippen LogP contribution < -0.4 is 0 Å². The topological polar surface area (TPSA) is 17.1 Å². The van der Waals surface area contributed by atoms with Crippen LogP contribution in [0.1, 0.15) is 11.1 Å². The molecule has 0 aromatic heterocycles. The minimum Gasteiger partial charge on any atom is -0.285 e. The predicted molar refractivity (Wildman–Crippen MR) is 76.6 cm³/mol. The third-order valence-electron chi connectivity index (χ3n) is 2.69. The van der Waals surface area contributed by atoms with Gasteiger partial charge in [0, 0.05) is 0 Å². The van der Waals surface area contributed by atoms with E-state index >= 15 is 0 Å². The van der Waals surface area contributed by atoms with Gasteiger partial charge in [-0.1, -0.05) is 60.7 Å². The van der Waals surface area contributed by atoms with Crippen molar-refractivity contribution in [3.63, 3.8) is 0 Å². The number of hydrogen-bond donors (Lipinski definition) is 2. The Bertz CT molecular complexity index is 469.